The predicted octanol–water partition coefficient (Wildman–Crippen LogP) is 5.66. The van der Waals surface area contributed by atoms with Gasteiger partial charge in [-0.15, -0.1) is 0 Å². The average Bonchev–Trinajstić information content (AvgIpc) is 2.98. The molecule has 0 saturated carbocycles. The van der Waals surface area contributed by atoms with Gasteiger partial charge in [0.15, 0.2) is 5.78 Å². The summed E-state index contributed by atoms with van der Waals surface area (Å²) in [6.45, 7) is 1.89. The minimum Gasteiger partial charge on any atom is -0.497 e. The van der Waals surface area contributed by atoms with E-state index in [1.165, 1.54) is 16.8 Å². The molecule has 3 heterocycles. The molecule has 0 spiro atoms. The Hall–Kier alpha value is -5.31. The van der Waals surface area contributed by atoms with Crippen LogP contribution < -0.4 is 20.3 Å². The van der Waals surface area contributed by atoms with E-state index in [4.69, 9.17) is 9.47 Å². The van der Waals surface area contributed by atoms with Gasteiger partial charge in [-0.05, 0) is 73.9 Å². The van der Waals surface area contributed by atoms with E-state index in [2.05, 4.69) is 15.3 Å². The number of aromatic nitrogens is 3. The molecule has 0 bridgehead atoms. The fourth-order valence-corrected chi connectivity index (χ4v) is 5.06. The highest BCUT2D eigenvalue weighted by molar-refractivity contribution is 6.06. The summed E-state index contributed by atoms with van der Waals surface area (Å²) in [6, 6.07) is 19.3. The molecular formula is C32H26N4O5. The van der Waals surface area contributed by atoms with Gasteiger partial charge >= 0.3 is 0 Å². The van der Waals surface area contributed by atoms with Crippen LogP contribution in [-0.2, 0) is 6.42 Å². The first-order valence-corrected chi connectivity index (χ1v) is 13.2. The number of rotatable bonds is 6. The summed E-state index contributed by atoms with van der Waals surface area (Å²) < 4.78 is 12.9. The topological polar surface area (TPSA) is 112 Å². The van der Waals surface area contributed by atoms with Crippen molar-refractivity contribution in [2.45, 2.75) is 26.2 Å². The summed E-state index contributed by atoms with van der Waals surface area (Å²) in [6.07, 6.45) is 4.74. The Morgan fingerprint density at radius 1 is 0.951 bits per heavy atom. The second kappa shape index (κ2) is 10.7. The van der Waals surface area contributed by atoms with Crippen LogP contribution in [0.5, 0.6) is 17.2 Å². The lowest BCUT2D eigenvalue weighted by atomic mass is 9.92. The van der Waals surface area contributed by atoms with E-state index in [9.17, 15) is 14.4 Å². The maximum absolute atomic E-state index is 13.7. The summed E-state index contributed by atoms with van der Waals surface area (Å²) in [4.78, 5) is 48.5. The number of Topliss-reactive ketones (excluding diaryl/α,β-unsaturated/α-hetero) is 1. The molecule has 2 aromatic carbocycles. The molecule has 1 aliphatic rings. The number of aryl methyl sites for hydroxylation is 1. The summed E-state index contributed by atoms with van der Waals surface area (Å²) in [7, 11) is 1.59. The van der Waals surface area contributed by atoms with E-state index in [1.807, 2.05) is 49.4 Å². The quantitative estimate of drug-likeness (QED) is 0.292. The summed E-state index contributed by atoms with van der Waals surface area (Å²) in [5.41, 5.74) is 2.70. The molecule has 3 aromatic heterocycles. The van der Waals surface area contributed by atoms with Crippen LogP contribution in [0.25, 0.3) is 16.6 Å². The number of hydrogen-bond acceptors (Lipinski definition) is 7. The molecule has 1 N–H and O–H groups in total. The number of hydrogen-bond donors (Lipinski definition) is 1. The largest absolute Gasteiger partial charge is 0.497 e. The third-order valence-corrected chi connectivity index (χ3v) is 7.14. The molecule has 204 valence electrons. The first-order valence-electron chi connectivity index (χ1n) is 13.2. The van der Waals surface area contributed by atoms with Crippen molar-refractivity contribution >= 4 is 28.4 Å². The van der Waals surface area contributed by atoms with Crippen molar-refractivity contribution in [3.05, 3.63) is 112 Å². The maximum atomic E-state index is 13.7. The Morgan fingerprint density at radius 2 is 1.78 bits per heavy atom. The van der Waals surface area contributed by atoms with Crippen LogP contribution in [0, 0.1) is 6.92 Å². The molecule has 0 aliphatic heterocycles. The van der Waals surface area contributed by atoms with Gasteiger partial charge in [0, 0.05) is 29.3 Å². The van der Waals surface area contributed by atoms with E-state index in [0.717, 1.165) is 16.5 Å². The molecule has 0 unspecified atom stereocenters. The standard InChI is InChI=1S/C32H26N4O5/c1-19-6-3-4-7-26(19)36-27-8-5-9-28(37)23(27)17-24(32(36)39)31(38)35-30-13-11-21(18-34-30)41-29-14-15-33-25-12-10-20(40-2)16-22(25)29/h3-4,6-7,10-18H,5,8-9H2,1-2H3,(H,34,35,38). The number of nitrogens with zero attached hydrogens (tertiary/aromatic N) is 3. The molecule has 9 nitrogen and oxygen atoms in total. The zero-order valence-electron chi connectivity index (χ0n) is 22.5. The van der Waals surface area contributed by atoms with E-state index in [1.54, 1.807) is 31.5 Å². The van der Waals surface area contributed by atoms with Crippen molar-refractivity contribution in [2.24, 2.45) is 0 Å². The van der Waals surface area contributed by atoms with Crippen LogP contribution in [0.1, 0.15) is 44.8 Å². The Labute approximate surface area is 235 Å². The van der Waals surface area contributed by atoms with Crippen molar-refractivity contribution in [3.8, 4) is 22.9 Å². The highest BCUT2D eigenvalue weighted by Gasteiger charge is 2.27. The molecule has 9 heteroatoms. The minimum atomic E-state index is -0.646. The second-order valence-corrected chi connectivity index (χ2v) is 9.75. The number of fused-ring (bicyclic) bond motifs is 2. The summed E-state index contributed by atoms with van der Waals surface area (Å²) in [5, 5.41) is 3.47. The lowest BCUT2D eigenvalue weighted by molar-refractivity contribution is 0.0971. The number of nitrogens with one attached hydrogen (secondary N) is 1. The maximum Gasteiger partial charge on any atom is 0.268 e. The van der Waals surface area contributed by atoms with Crippen LogP contribution in [-0.4, -0.2) is 33.3 Å². The zero-order chi connectivity index (χ0) is 28.5. The fourth-order valence-electron chi connectivity index (χ4n) is 5.06. The van der Waals surface area contributed by atoms with Crippen molar-refractivity contribution < 1.29 is 19.1 Å². The van der Waals surface area contributed by atoms with E-state index in [-0.39, 0.29) is 17.2 Å². The molecule has 0 atom stereocenters. The van der Waals surface area contributed by atoms with Crippen LogP contribution in [0.2, 0.25) is 0 Å². The van der Waals surface area contributed by atoms with Crippen molar-refractivity contribution in [2.75, 3.05) is 12.4 Å². The Balaban J connectivity index is 1.29. The van der Waals surface area contributed by atoms with Gasteiger partial charge in [0.1, 0.15) is 28.6 Å². The minimum absolute atomic E-state index is 0.0801. The highest BCUT2D eigenvalue weighted by Crippen LogP contribution is 2.31. The van der Waals surface area contributed by atoms with Crippen molar-refractivity contribution in [1.82, 2.24) is 14.5 Å². The molecule has 1 amide bonds. The van der Waals surface area contributed by atoms with Crippen LogP contribution >= 0.6 is 0 Å². The number of methoxy groups -OCH3 is 1. The van der Waals surface area contributed by atoms with Crippen molar-refractivity contribution in [1.29, 1.82) is 0 Å². The lowest BCUT2D eigenvalue weighted by Crippen LogP contribution is -2.34. The number of carbonyl (C=O) groups is 2. The van der Waals surface area contributed by atoms with Gasteiger partial charge in [-0.3, -0.25) is 23.9 Å². The zero-order valence-corrected chi connectivity index (χ0v) is 22.5. The Kier molecular flexibility index (Phi) is 6.76. The van der Waals surface area contributed by atoms with Crippen LogP contribution in [0.4, 0.5) is 5.82 Å². The number of ketones is 1. The normalized spacial score (nSPS) is 12.6. The molecule has 0 radical (unpaired) electrons. The van der Waals surface area contributed by atoms with E-state index < -0.39 is 11.5 Å². The number of benzene rings is 2. The molecule has 41 heavy (non-hydrogen) atoms. The molecule has 0 fully saturated rings. The van der Waals surface area contributed by atoms with Gasteiger partial charge in [0.2, 0.25) is 0 Å². The van der Waals surface area contributed by atoms with Crippen LogP contribution in [0.3, 0.4) is 0 Å². The third kappa shape index (κ3) is 4.93. The second-order valence-electron chi connectivity index (χ2n) is 9.75. The summed E-state index contributed by atoms with van der Waals surface area (Å²) in [5.74, 6) is 1.20. The van der Waals surface area contributed by atoms with Gasteiger partial charge in [0.25, 0.3) is 11.5 Å². The molecular weight excluding hydrogens is 520 g/mol. The number of ether oxygens (including phenoxy) is 2. The number of anilines is 1. The number of pyridine rings is 3. The lowest BCUT2D eigenvalue weighted by Gasteiger charge is -2.22. The Morgan fingerprint density at radius 3 is 2.56 bits per heavy atom. The third-order valence-electron chi connectivity index (χ3n) is 7.14. The number of amides is 1. The molecule has 1 aliphatic carbocycles. The van der Waals surface area contributed by atoms with Gasteiger partial charge < -0.3 is 14.8 Å². The monoisotopic (exact) mass is 546 g/mol. The van der Waals surface area contributed by atoms with Gasteiger partial charge in [-0.2, -0.15) is 0 Å². The van der Waals surface area contributed by atoms with E-state index >= 15 is 0 Å². The van der Waals surface area contributed by atoms with Gasteiger partial charge in [0.05, 0.1) is 24.5 Å². The number of carbonyl (C=O) groups excluding carboxylic acids is 2. The summed E-state index contributed by atoms with van der Waals surface area (Å²) >= 11 is 0. The van der Waals surface area contributed by atoms with Gasteiger partial charge in [-0.25, -0.2) is 4.98 Å². The van der Waals surface area contributed by atoms with Crippen LogP contribution in [0.15, 0.2) is 83.9 Å². The van der Waals surface area contributed by atoms with Gasteiger partial charge in [-0.1, -0.05) is 18.2 Å². The first-order chi connectivity index (χ1) is 19.9. The SMILES string of the molecule is COc1ccc2nccc(Oc3ccc(NC(=O)c4cc5c(n(-c6ccccc6C)c4=O)CCCC5=O)nc3)c2c1. The van der Waals surface area contributed by atoms with Crippen molar-refractivity contribution in [3.63, 3.8) is 0 Å². The molecule has 0 saturated heterocycles. The Bertz CT molecular complexity index is 1880. The average molecular weight is 547 g/mol. The first kappa shape index (κ1) is 25.9. The molecule has 5 aromatic rings. The molecule has 6 rings (SSSR count). The fraction of sp³-hybridized carbons (Fsp3) is 0.156. The highest BCUT2D eigenvalue weighted by atomic mass is 16.5. The smallest absolute Gasteiger partial charge is 0.268 e. The van der Waals surface area contributed by atoms with E-state index in [0.29, 0.717) is 53.5 Å². The number of para-hydroxylation sites is 1. The predicted molar refractivity (Wildman–Crippen MR) is 155 cm³/mol.